The summed E-state index contributed by atoms with van der Waals surface area (Å²) in [7, 11) is -4.50. The molecule has 33 heavy (non-hydrogen) atoms. The van der Waals surface area contributed by atoms with Crippen LogP contribution in [-0.4, -0.2) is 53.6 Å². The summed E-state index contributed by atoms with van der Waals surface area (Å²) in [4.78, 5) is 14.6. The molecule has 2 aliphatic heterocycles. The predicted octanol–water partition coefficient (Wildman–Crippen LogP) is 3.11. The van der Waals surface area contributed by atoms with Crippen molar-refractivity contribution in [3.8, 4) is 5.75 Å². The van der Waals surface area contributed by atoms with E-state index in [4.69, 9.17) is 16.3 Å². The van der Waals surface area contributed by atoms with E-state index in [0.29, 0.717) is 46.1 Å². The van der Waals surface area contributed by atoms with Gasteiger partial charge in [-0.3, -0.25) is 0 Å². The molecule has 1 atom stereocenters. The number of ether oxygens (including phenoxy) is 1. The highest BCUT2D eigenvalue weighted by Crippen LogP contribution is 2.28. The van der Waals surface area contributed by atoms with E-state index in [-0.39, 0.29) is 18.3 Å². The van der Waals surface area contributed by atoms with Gasteiger partial charge in [0.05, 0.1) is 34.6 Å². The molecular formula is C21H22ClFN4O4S2. The zero-order valence-corrected chi connectivity index (χ0v) is 20.2. The summed E-state index contributed by atoms with van der Waals surface area (Å²) in [6.45, 7) is 1.45. The average Bonchev–Trinajstić information content (AvgIpc) is 3.14. The summed E-state index contributed by atoms with van der Waals surface area (Å²) in [5.41, 5.74) is 1.08. The Morgan fingerprint density at radius 1 is 1.24 bits per heavy atom. The van der Waals surface area contributed by atoms with Crippen LogP contribution in [0, 0.1) is 11.7 Å². The number of rotatable bonds is 7. The number of hydrogen-bond acceptors (Lipinski definition) is 8. The number of aliphatic imine (C=N–C) groups is 1. The van der Waals surface area contributed by atoms with Crippen molar-refractivity contribution < 1.29 is 21.8 Å². The van der Waals surface area contributed by atoms with Gasteiger partial charge in [0, 0.05) is 35.7 Å². The molecule has 1 saturated heterocycles. The lowest BCUT2D eigenvalue weighted by molar-refractivity contribution is 0.351. The molecule has 0 aliphatic carbocycles. The van der Waals surface area contributed by atoms with E-state index in [2.05, 4.69) is 15.0 Å². The van der Waals surface area contributed by atoms with Crippen LogP contribution >= 0.6 is 11.6 Å². The molecule has 12 heteroatoms. The van der Waals surface area contributed by atoms with Crippen LogP contribution < -0.4 is 9.64 Å². The molecule has 1 aromatic heterocycles. The highest BCUT2D eigenvalue weighted by Gasteiger charge is 2.30. The Bertz CT molecular complexity index is 1230. The lowest BCUT2D eigenvalue weighted by Crippen LogP contribution is -2.37. The molecule has 0 amide bonds. The lowest BCUT2D eigenvalue weighted by atomic mass is 9.98. The largest absolute Gasteiger partial charge is 0.487 e. The molecule has 4 rings (SSSR count). The van der Waals surface area contributed by atoms with Crippen LogP contribution in [0.15, 0.2) is 46.7 Å². The van der Waals surface area contributed by atoms with Crippen LogP contribution in [-0.2, 0) is 26.4 Å². The lowest BCUT2D eigenvalue weighted by Gasteiger charge is -2.31. The summed E-state index contributed by atoms with van der Waals surface area (Å²) in [6, 6.07) is 4.83. The Balaban J connectivity index is 1.33. The molecular weight excluding hydrogens is 491 g/mol. The summed E-state index contributed by atoms with van der Waals surface area (Å²) in [5.74, 6) is 0.409. The molecule has 0 radical (unpaired) electrons. The van der Waals surface area contributed by atoms with Crippen LogP contribution in [0.4, 0.5) is 10.3 Å². The molecule has 1 aromatic carbocycles. The van der Waals surface area contributed by atoms with Crippen LogP contribution in [0.1, 0.15) is 18.4 Å². The molecule has 0 spiro atoms. The summed E-state index contributed by atoms with van der Waals surface area (Å²) < 4.78 is 54.3. The van der Waals surface area contributed by atoms with Gasteiger partial charge in [-0.15, -0.1) is 0 Å². The fourth-order valence-corrected chi connectivity index (χ4v) is 6.08. The Morgan fingerprint density at radius 2 is 1.94 bits per heavy atom. The number of aromatic nitrogens is 2. The summed E-state index contributed by atoms with van der Waals surface area (Å²) in [6.07, 6.45) is 4.92. The Labute approximate surface area is 198 Å². The quantitative estimate of drug-likeness (QED) is 0.561. The van der Waals surface area contributed by atoms with Gasteiger partial charge < -0.3 is 9.64 Å². The normalized spacial score (nSPS) is 19.4. The van der Waals surface area contributed by atoms with E-state index in [0.717, 1.165) is 31.5 Å². The standard InChI is InChI=1S/C21H22ClFN4O4S2/c1-33(29,30)13-15-2-3-18(8-19(15)22)31-11-17-12-32(28)20(26-17)14-4-6-27(7-5-14)21-24-9-16(23)10-25-21/h2-3,8-10,12,14H,4-7,11,13H2,1H3. The van der Waals surface area contributed by atoms with Crippen LogP contribution in [0.3, 0.4) is 0 Å². The second-order valence-electron chi connectivity index (χ2n) is 7.93. The third-order valence-electron chi connectivity index (χ3n) is 5.27. The van der Waals surface area contributed by atoms with Crippen molar-refractivity contribution in [2.75, 3.05) is 30.9 Å². The average molecular weight is 513 g/mol. The topological polar surface area (TPSA) is 102 Å². The van der Waals surface area contributed by atoms with E-state index < -0.39 is 26.5 Å². The molecule has 2 aromatic rings. The maximum Gasteiger partial charge on any atom is 0.225 e. The van der Waals surface area contributed by atoms with E-state index in [1.54, 1.807) is 23.6 Å². The molecule has 0 N–H and O–H groups in total. The fraction of sp³-hybridized carbons (Fsp3) is 0.381. The smallest absolute Gasteiger partial charge is 0.225 e. The van der Waals surface area contributed by atoms with Gasteiger partial charge in [0.1, 0.15) is 17.4 Å². The van der Waals surface area contributed by atoms with Crippen LogP contribution in [0.25, 0.3) is 0 Å². The molecule has 3 heterocycles. The Kier molecular flexibility index (Phi) is 7.10. The molecule has 1 unspecified atom stereocenters. The van der Waals surface area contributed by atoms with Gasteiger partial charge in [0.2, 0.25) is 5.95 Å². The minimum atomic E-state index is -3.19. The zero-order chi connectivity index (χ0) is 23.6. The second kappa shape index (κ2) is 9.86. The third kappa shape index (κ3) is 6.15. The molecule has 8 nitrogen and oxygen atoms in total. The first-order valence-corrected chi connectivity index (χ1v) is 13.8. The number of halogens is 2. The summed E-state index contributed by atoms with van der Waals surface area (Å²) >= 11 is 6.18. The van der Waals surface area contributed by atoms with Gasteiger partial charge >= 0.3 is 0 Å². The number of anilines is 1. The van der Waals surface area contributed by atoms with Gasteiger partial charge in [-0.05, 0) is 30.5 Å². The van der Waals surface area contributed by atoms with Gasteiger partial charge in [0.15, 0.2) is 15.7 Å². The number of hydrogen-bond donors (Lipinski definition) is 0. The maximum atomic E-state index is 13.0. The van der Waals surface area contributed by atoms with Crippen molar-refractivity contribution in [1.82, 2.24) is 9.97 Å². The minimum Gasteiger partial charge on any atom is -0.487 e. The molecule has 0 bridgehead atoms. The van der Waals surface area contributed by atoms with E-state index in [1.165, 1.54) is 0 Å². The highest BCUT2D eigenvalue weighted by atomic mass is 35.5. The highest BCUT2D eigenvalue weighted by molar-refractivity contribution is 8.03. The maximum absolute atomic E-state index is 13.0. The van der Waals surface area contributed by atoms with Crippen LogP contribution in [0.5, 0.6) is 5.75 Å². The van der Waals surface area contributed by atoms with Crippen molar-refractivity contribution in [2.24, 2.45) is 10.9 Å². The minimum absolute atomic E-state index is 0.0704. The van der Waals surface area contributed by atoms with Gasteiger partial charge in [-0.1, -0.05) is 17.7 Å². The Morgan fingerprint density at radius 3 is 2.58 bits per heavy atom. The van der Waals surface area contributed by atoms with Crippen molar-refractivity contribution in [3.05, 3.63) is 58.1 Å². The first-order valence-electron chi connectivity index (χ1n) is 10.2. The zero-order valence-electron chi connectivity index (χ0n) is 17.8. The van der Waals surface area contributed by atoms with E-state index in [9.17, 15) is 17.0 Å². The molecule has 0 saturated carbocycles. The molecule has 2 aliphatic rings. The SMILES string of the molecule is CS(=O)(=O)Cc1ccc(OCC2=CS(=O)C(C3CCN(c4ncc(F)cn4)CC3)=N2)cc1Cl. The van der Waals surface area contributed by atoms with E-state index >= 15 is 0 Å². The first kappa shape index (κ1) is 23.8. The molecule has 176 valence electrons. The monoisotopic (exact) mass is 512 g/mol. The number of sulfone groups is 1. The van der Waals surface area contributed by atoms with Gasteiger partial charge in [0.25, 0.3) is 0 Å². The van der Waals surface area contributed by atoms with Crippen molar-refractivity contribution in [3.63, 3.8) is 0 Å². The van der Waals surface area contributed by atoms with Crippen molar-refractivity contribution in [1.29, 1.82) is 0 Å². The summed E-state index contributed by atoms with van der Waals surface area (Å²) in [5, 5.41) is 2.53. The fourth-order valence-electron chi connectivity index (χ4n) is 3.69. The van der Waals surface area contributed by atoms with Crippen molar-refractivity contribution in [2.45, 2.75) is 18.6 Å². The Hall–Kier alpha value is -2.37. The first-order chi connectivity index (χ1) is 15.7. The van der Waals surface area contributed by atoms with Crippen LogP contribution in [0.2, 0.25) is 5.02 Å². The number of piperidine rings is 1. The third-order valence-corrected chi connectivity index (χ3v) is 7.78. The second-order valence-corrected chi connectivity index (χ2v) is 11.7. The number of benzene rings is 1. The predicted molar refractivity (Wildman–Crippen MR) is 126 cm³/mol. The number of nitrogens with zero attached hydrogens (tertiary/aromatic N) is 4. The molecule has 1 fully saturated rings. The van der Waals surface area contributed by atoms with Gasteiger partial charge in [-0.25, -0.2) is 32.0 Å². The van der Waals surface area contributed by atoms with Crippen molar-refractivity contribution >= 4 is 43.2 Å². The van der Waals surface area contributed by atoms with Gasteiger partial charge in [-0.2, -0.15) is 0 Å². The van der Waals surface area contributed by atoms with E-state index in [1.807, 2.05) is 4.90 Å².